The number of benzene rings is 2. The first-order chi connectivity index (χ1) is 15.3. The van der Waals surface area contributed by atoms with E-state index >= 15 is 0 Å². The van der Waals surface area contributed by atoms with Crippen LogP contribution in [-0.2, 0) is 0 Å². The number of nitrogen functional groups attached to an aromatic ring is 1. The van der Waals surface area contributed by atoms with Gasteiger partial charge in [-0.1, -0.05) is 81.4 Å². The van der Waals surface area contributed by atoms with E-state index in [4.69, 9.17) is 5.73 Å². The third kappa shape index (κ3) is 3.92. The molecule has 1 aliphatic carbocycles. The van der Waals surface area contributed by atoms with E-state index in [-0.39, 0.29) is 6.04 Å². The van der Waals surface area contributed by atoms with Crippen molar-refractivity contribution >= 4 is 17.3 Å². The van der Waals surface area contributed by atoms with Crippen molar-refractivity contribution in [3.63, 3.8) is 0 Å². The van der Waals surface area contributed by atoms with Gasteiger partial charge in [0.1, 0.15) is 12.0 Å². The second-order valence-electron chi connectivity index (χ2n) is 10.7. The molecule has 5 heteroatoms. The van der Waals surface area contributed by atoms with Gasteiger partial charge in [-0.2, -0.15) is 0 Å². The zero-order valence-corrected chi connectivity index (χ0v) is 19.3. The number of hydrogen-bond acceptors (Lipinski definition) is 5. The number of nitrogens with one attached hydrogen (secondary N) is 1. The summed E-state index contributed by atoms with van der Waals surface area (Å²) in [6, 6.07) is 21.3. The number of anilines is 3. The lowest BCUT2D eigenvalue weighted by molar-refractivity contribution is 0.136. The largest absolute Gasteiger partial charge is 0.393 e. The zero-order valence-electron chi connectivity index (χ0n) is 19.3. The van der Waals surface area contributed by atoms with E-state index in [2.05, 4.69) is 89.5 Å². The number of aromatic nitrogens is 2. The average Bonchev–Trinajstić information content (AvgIpc) is 3.02. The normalized spacial score (nSPS) is 24.0. The Kier molecular flexibility index (Phi) is 5.07. The van der Waals surface area contributed by atoms with Gasteiger partial charge in [0.25, 0.3) is 0 Å². The molecular formula is C27H33N5. The van der Waals surface area contributed by atoms with Crippen molar-refractivity contribution in [3.8, 4) is 0 Å². The summed E-state index contributed by atoms with van der Waals surface area (Å²) in [5, 5.41) is 3.63. The van der Waals surface area contributed by atoms with Crippen LogP contribution in [0, 0.1) is 10.8 Å². The molecule has 166 valence electrons. The van der Waals surface area contributed by atoms with Crippen molar-refractivity contribution in [2.45, 2.75) is 52.1 Å². The minimum atomic E-state index is -0.0447. The fourth-order valence-corrected chi connectivity index (χ4v) is 6.22. The molecule has 2 aromatic carbocycles. The molecule has 1 saturated heterocycles. The van der Waals surface area contributed by atoms with Crippen LogP contribution >= 0.6 is 0 Å². The standard InChI is InChI=1S/C27H33N5/c1-26(2)14-21-15-27(3,16-26)17-32(21)25-22(28)24(29-18-30-25)31-23(19-10-6-4-7-11-19)20-12-8-5-9-13-20/h4-13,18,21,23H,14-17,28H2,1-3H3,(H,29,30,31). The fourth-order valence-electron chi connectivity index (χ4n) is 6.22. The molecule has 32 heavy (non-hydrogen) atoms. The molecule has 5 nitrogen and oxygen atoms in total. The van der Waals surface area contributed by atoms with Gasteiger partial charge >= 0.3 is 0 Å². The highest BCUT2D eigenvalue weighted by Gasteiger charge is 2.50. The van der Waals surface area contributed by atoms with E-state index in [1.54, 1.807) is 6.33 Å². The average molecular weight is 428 g/mol. The van der Waals surface area contributed by atoms with Crippen LogP contribution in [0.3, 0.4) is 0 Å². The molecule has 2 heterocycles. The topological polar surface area (TPSA) is 67.1 Å². The third-order valence-electron chi connectivity index (χ3n) is 7.10. The Labute approximate surface area is 191 Å². The Bertz CT molecular complexity index is 1040. The van der Waals surface area contributed by atoms with Crippen LogP contribution in [-0.4, -0.2) is 22.6 Å². The first-order valence-corrected chi connectivity index (χ1v) is 11.6. The molecule has 2 aliphatic rings. The van der Waals surface area contributed by atoms with Gasteiger partial charge in [0.2, 0.25) is 0 Å². The van der Waals surface area contributed by atoms with Crippen LogP contribution in [0.25, 0.3) is 0 Å². The van der Waals surface area contributed by atoms with Gasteiger partial charge in [0.15, 0.2) is 11.6 Å². The Hall–Kier alpha value is -3.08. The van der Waals surface area contributed by atoms with Gasteiger partial charge in [-0.15, -0.1) is 0 Å². The van der Waals surface area contributed by atoms with Crippen molar-refractivity contribution in [1.29, 1.82) is 0 Å². The fraction of sp³-hybridized carbons (Fsp3) is 0.407. The van der Waals surface area contributed by atoms with Crippen molar-refractivity contribution < 1.29 is 0 Å². The Morgan fingerprint density at radius 3 is 2.19 bits per heavy atom. The lowest BCUT2D eigenvalue weighted by Gasteiger charge is -2.39. The van der Waals surface area contributed by atoms with E-state index in [9.17, 15) is 0 Å². The number of nitrogens with zero attached hydrogens (tertiary/aromatic N) is 3. The molecule has 2 atom stereocenters. The molecule has 1 aliphatic heterocycles. The van der Waals surface area contributed by atoms with E-state index in [1.807, 2.05) is 12.1 Å². The molecule has 5 rings (SSSR count). The molecule has 0 radical (unpaired) electrons. The molecule has 3 aromatic rings. The number of nitrogens with two attached hydrogens (primary N) is 1. The van der Waals surface area contributed by atoms with Crippen LogP contribution in [0.4, 0.5) is 17.3 Å². The van der Waals surface area contributed by atoms with E-state index in [0.717, 1.165) is 12.4 Å². The summed E-state index contributed by atoms with van der Waals surface area (Å²) in [7, 11) is 0. The predicted octanol–water partition coefficient (Wildman–Crippen LogP) is 5.67. The molecular weight excluding hydrogens is 394 g/mol. The first-order valence-electron chi connectivity index (χ1n) is 11.6. The highest BCUT2D eigenvalue weighted by molar-refractivity contribution is 5.76. The van der Waals surface area contributed by atoms with Crippen molar-refractivity contribution in [2.24, 2.45) is 10.8 Å². The quantitative estimate of drug-likeness (QED) is 0.549. The number of hydrogen-bond donors (Lipinski definition) is 2. The summed E-state index contributed by atoms with van der Waals surface area (Å²) in [5.74, 6) is 1.56. The predicted molar refractivity (Wildman–Crippen MR) is 132 cm³/mol. The second kappa shape index (κ2) is 7.80. The Balaban J connectivity index is 1.48. The van der Waals surface area contributed by atoms with E-state index in [1.165, 1.54) is 30.4 Å². The summed E-state index contributed by atoms with van der Waals surface area (Å²) in [6.07, 6.45) is 5.27. The molecule has 1 saturated carbocycles. The van der Waals surface area contributed by atoms with E-state index < -0.39 is 0 Å². The van der Waals surface area contributed by atoms with Crippen LogP contribution in [0.15, 0.2) is 67.0 Å². The summed E-state index contributed by atoms with van der Waals surface area (Å²) in [6.45, 7) is 8.20. The summed E-state index contributed by atoms with van der Waals surface area (Å²) in [4.78, 5) is 11.7. The molecule has 1 aromatic heterocycles. The second-order valence-corrected chi connectivity index (χ2v) is 10.7. The van der Waals surface area contributed by atoms with Gasteiger partial charge in [0.05, 0.1) is 6.04 Å². The zero-order chi connectivity index (χ0) is 22.3. The van der Waals surface area contributed by atoms with Gasteiger partial charge in [-0.05, 0) is 41.2 Å². The molecule has 2 bridgehead atoms. The maximum atomic E-state index is 6.73. The van der Waals surface area contributed by atoms with Gasteiger partial charge in [-0.3, -0.25) is 0 Å². The third-order valence-corrected chi connectivity index (χ3v) is 7.10. The molecule has 3 N–H and O–H groups in total. The molecule has 2 fully saturated rings. The summed E-state index contributed by atoms with van der Waals surface area (Å²) in [5.41, 5.74) is 10.4. The van der Waals surface area contributed by atoms with Crippen LogP contribution in [0.2, 0.25) is 0 Å². The Morgan fingerprint density at radius 2 is 1.56 bits per heavy atom. The lowest BCUT2D eigenvalue weighted by atomic mass is 9.65. The number of fused-ring (bicyclic) bond motifs is 2. The lowest BCUT2D eigenvalue weighted by Crippen LogP contribution is -2.35. The maximum absolute atomic E-state index is 6.73. The van der Waals surface area contributed by atoms with Crippen LogP contribution in [0.1, 0.15) is 57.2 Å². The monoisotopic (exact) mass is 427 g/mol. The van der Waals surface area contributed by atoms with Crippen molar-refractivity contribution in [3.05, 3.63) is 78.1 Å². The smallest absolute Gasteiger partial charge is 0.157 e. The summed E-state index contributed by atoms with van der Waals surface area (Å²) >= 11 is 0. The van der Waals surface area contributed by atoms with Crippen molar-refractivity contribution in [1.82, 2.24) is 9.97 Å². The molecule has 0 spiro atoms. The minimum absolute atomic E-state index is 0.0447. The number of rotatable bonds is 5. The van der Waals surface area contributed by atoms with E-state index in [0.29, 0.717) is 28.4 Å². The molecule has 2 unspecified atom stereocenters. The Morgan fingerprint density at radius 1 is 0.938 bits per heavy atom. The van der Waals surface area contributed by atoms with Crippen molar-refractivity contribution in [2.75, 3.05) is 22.5 Å². The summed E-state index contributed by atoms with van der Waals surface area (Å²) < 4.78 is 0. The van der Waals surface area contributed by atoms with Crippen LogP contribution in [0.5, 0.6) is 0 Å². The van der Waals surface area contributed by atoms with Crippen LogP contribution < -0.4 is 16.0 Å². The highest BCUT2D eigenvalue weighted by Crippen LogP contribution is 2.54. The SMILES string of the molecule is CC1(C)CC2CC(C)(CN2c2ncnc(NC(c3ccccc3)c3ccccc3)c2N)C1. The minimum Gasteiger partial charge on any atom is -0.393 e. The van der Waals surface area contributed by atoms with Gasteiger partial charge < -0.3 is 16.0 Å². The van der Waals surface area contributed by atoms with Gasteiger partial charge in [0, 0.05) is 12.6 Å². The first kappa shape index (κ1) is 20.8. The molecule has 0 amide bonds. The highest BCUT2D eigenvalue weighted by atomic mass is 15.3. The van der Waals surface area contributed by atoms with Gasteiger partial charge in [-0.25, -0.2) is 9.97 Å². The maximum Gasteiger partial charge on any atom is 0.157 e.